The fourth-order valence-electron chi connectivity index (χ4n) is 7.30. The first-order valence-corrected chi connectivity index (χ1v) is 16.8. The van der Waals surface area contributed by atoms with Crippen molar-refractivity contribution in [2.45, 2.75) is 43.4 Å². The maximum absolute atomic E-state index is 17.2. The highest BCUT2D eigenvalue weighted by Gasteiger charge is 2.49. The van der Waals surface area contributed by atoms with E-state index in [0.29, 0.717) is 24.3 Å². The number of aromatic nitrogens is 2. The third-order valence-electron chi connectivity index (χ3n) is 9.36. The average molecular weight is 746 g/mol. The molecule has 264 valence electrons. The number of hydrogen-bond donors (Lipinski definition) is 2. The number of alkyl halides is 3. The number of nitrogens with one attached hydrogen (secondary N) is 1. The number of rotatable bonds is 8. The molecule has 3 aliphatic heterocycles. The van der Waals surface area contributed by atoms with E-state index in [-0.39, 0.29) is 69.3 Å². The summed E-state index contributed by atoms with van der Waals surface area (Å²) in [5, 5.41) is 29.7. The van der Waals surface area contributed by atoms with Crippen molar-refractivity contribution in [3.8, 4) is 35.0 Å². The van der Waals surface area contributed by atoms with Crippen molar-refractivity contribution < 1.29 is 41.3 Å². The highest BCUT2D eigenvalue weighted by atomic mass is 35.5. The average Bonchev–Trinajstić information content (AvgIpc) is 3.71. The van der Waals surface area contributed by atoms with E-state index in [4.69, 9.17) is 21.1 Å². The number of carbonyl (C=O) groups is 1. The third kappa shape index (κ3) is 5.88. The Morgan fingerprint density at radius 3 is 2.82 bits per heavy atom. The van der Waals surface area contributed by atoms with Crippen molar-refractivity contribution in [3.63, 3.8) is 0 Å². The predicted octanol–water partition coefficient (Wildman–Crippen LogP) is 7.27. The van der Waals surface area contributed by atoms with Crippen molar-refractivity contribution in [2.24, 2.45) is 0 Å². The molecule has 1 amide bonds. The molecule has 3 aliphatic rings. The number of anilines is 2. The Labute approximate surface area is 295 Å². The van der Waals surface area contributed by atoms with Crippen LogP contribution in [0.3, 0.4) is 0 Å². The molecule has 2 aromatic carbocycles. The summed E-state index contributed by atoms with van der Waals surface area (Å²) in [7, 11) is 0. The zero-order valence-electron chi connectivity index (χ0n) is 26.2. The number of amides is 1. The number of carboxylic acid groups (broad SMARTS) is 1. The molecule has 11 nitrogen and oxygen atoms in total. The molecular weight excluding hydrogens is 721 g/mol. The number of nitriles is 2. The quantitative estimate of drug-likeness (QED) is 0.139. The fraction of sp³-hybridized carbons (Fsp3) is 0.364. The summed E-state index contributed by atoms with van der Waals surface area (Å²) in [4.78, 5) is 23.4. The zero-order chi connectivity index (χ0) is 36.2. The van der Waals surface area contributed by atoms with Crippen LogP contribution in [0.5, 0.6) is 11.8 Å². The molecule has 3 atom stereocenters. The third-order valence-corrected chi connectivity index (χ3v) is 10.8. The van der Waals surface area contributed by atoms with Crippen LogP contribution < -0.4 is 19.7 Å². The van der Waals surface area contributed by atoms with E-state index in [0.717, 1.165) is 29.5 Å². The summed E-state index contributed by atoms with van der Waals surface area (Å²) in [5.74, 6) is -2.40. The topological polar surface area (TPSA) is 148 Å². The summed E-state index contributed by atoms with van der Waals surface area (Å²) in [6, 6.07) is 4.39. The second-order valence-electron chi connectivity index (χ2n) is 12.3. The van der Waals surface area contributed by atoms with Crippen LogP contribution in [0.15, 0.2) is 24.3 Å². The molecule has 0 bridgehead atoms. The zero-order valence-corrected chi connectivity index (χ0v) is 27.8. The van der Waals surface area contributed by atoms with E-state index < -0.39 is 70.6 Å². The van der Waals surface area contributed by atoms with Gasteiger partial charge < -0.3 is 19.5 Å². The van der Waals surface area contributed by atoms with E-state index in [9.17, 15) is 33.6 Å². The van der Waals surface area contributed by atoms with Gasteiger partial charge in [-0.2, -0.15) is 20.5 Å². The van der Waals surface area contributed by atoms with Crippen LogP contribution in [0, 0.1) is 34.3 Å². The Bertz CT molecular complexity index is 2210. The molecule has 2 saturated heterocycles. The first-order valence-electron chi connectivity index (χ1n) is 15.6. The Balaban J connectivity index is 1.48. The first-order chi connectivity index (χ1) is 24.5. The van der Waals surface area contributed by atoms with E-state index in [1.54, 1.807) is 0 Å². The maximum atomic E-state index is 17.2. The van der Waals surface area contributed by atoms with Crippen LogP contribution in [0.2, 0.25) is 5.02 Å². The number of thiophene rings is 1. The Hall–Kier alpha value is -4.97. The molecule has 5 heterocycles. The van der Waals surface area contributed by atoms with E-state index in [1.165, 1.54) is 6.08 Å². The summed E-state index contributed by atoms with van der Waals surface area (Å²) in [6.07, 6.45) is -1.52. The van der Waals surface area contributed by atoms with Gasteiger partial charge >= 0.3 is 12.1 Å². The van der Waals surface area contributed by atoms with Crippen LogP contribution in [-0.4, -0.2) is 83.1 Å². The highest BCUT2D eigenvalue weighted by Crippen LogP contribution is 2.51. The number of fused-ring (bicyclic) bond motifs is 2. The molecule has 18 heteroatoms. The second kappa shape index (κ2) is 13.3. The van der Waals surface area contributed by atoms with Crippen LogP contribution in [0.1, 0.15) is 24.8 Å². The van der Waals surface area contributed by atoms with Gasteiger partial charge in [0.25, 0.3) is 6.43 Å². The van der Waals surface area contributed by atoms with Crippen molar-refractivity contribution in [1.82, 2.24) is 14.9 Å². The van der Waals surface area contributed by atoms with Crippen molar-refractivity contribution in [1.29, 1.82) is 10.5 Å². The van der Waals surface area contributed by atoms with Crippen LogP contribution in [-0.2, 0) is 0 Å². The summed E-state index contributed by atoms with van der Waals surface area (Å²) in [5.41, 5.74) is -1.95. The number of ether oxygens (including phenoxy) is 2. The fourth-order valence-corrected chi connectivity index (χ4v) is 8.70. The van der Waals surface area contributed by atoms with Crippen molar-refractivity contribution in [3.05, 3.63) is 46.5 Å². The maximum Gasteiger partial charge on any atom is 0.409 e. The van der Waals surface area contributed by atoms with Crippen LogP contribution >= 0.6 is 22.9 Å². The van der Waals surface area contributed by atoms with Gasteiger partial charge in [0.1, 0.15) is 47.6 Å². The summed E-state index contributed by atoms with van der Waals surface area (Å²) >= 11 is 7.51. The molecule has 4 aromatic rings. The molecule has 0 spiro atoms. The molecule has 0 unspecified atom stereocenters. The smallest absolute Gasteiger partial charge is 0.409 e. The van der Waals surface area contributed by atoms with E-state index >= 15 is 8.78 Å². The normalized spacial score (nSPS) is 21.5. The van der Waals surface area contributed by atoms with Gasteiger partial charge in [0.2, 0.25) is 0 Å². The van der Waals surface area contributed by atoms with E-state index in [1.807, 2.05) is 17.0 Å². The van der Waals surface area contributed by atoms with Gasteiger partial charge in [-0.3, -0.25) is 10.2 Å². The van der Waals surface area contributed by atoms with Gasteiger partial charge in [0, 0.05) is 30.0 Å². The van der Waals surface area contributed by atoms with E-state index in [2.05, 4.69) is 15.3 Å². The van der Waals surface area contributed by atoms with Gasteiger partial charge in [-0.1, -0.05) is 17.7 Å². The minimum atomic E-state index is -2.92. The SMILES string of the molecule is N#C/C=C/[C@H]1COc2c(Cl)c(-c3ccc(F)c4sc(NC(=O)O)c(C#N)c34)c(F)c3nc(OC[C@@]45CCCN4C[C@H](F)C5)nc(c23)N1CC(F)F. The van der Waals surface area contributed by atoms with Gasteiger partial charge in [-0.25, -0.2) is 26.7 Å². The number of allylic oxidation sites excluding steroid dienone is 1. The standard InChI is InChI=1S/C33H25ClF5N7O4S/c34-24-22(17-4-5-19(36)28-21(17)18(10-41)30(51-28)44-32(47)48)25(39)26-23-27(24)49-13-16(3-1-7-40)46(12-20(37)38)29(23)43-31(42-26)50-14-33-6-2-8-45(33)11-15(35)9-33/h1,3-5,15-16,20,44H,2,6,8-9,11-14H2,(H,47,48)/b3-1+/t15-,16+,33+/m1/s1. The number of nitrogens with zero attached hydrogens (tertiary/aromatic N) is 6. The molecule has 0 aliphatic carbocycles. The first kappa shape index (κ1) is 34.5. The largest absolute Gasteiger partial charge is 0.489 e. The van der Waals surface area contributed by atoms with Crippen molar-refractivity contribution >= 4 is 60.8 Å². The second-order valence-corrected chi connectivity index (χ2v) is 13.7. The molecule has 7 rings (SSSR count). The lowest BCUT2D eigenvalue weighted by atomic mass is 9.95. The number of hydrogen-bond acceptors (Lipinski definition) is 10. The minimum absolute atomic E-state index is 0.0746. The Kier molecular flexibility index (Phi) is 8.99. The monoisotopic (exact) mass is 745 g/mol. The molecule has 51 heavy (non-hydrogen) atoms. The van der Waals surface area contributed by atoms with Gasteiger partial charge in [0.15, 0.2) is 11.6 Å². The lowest BCUT2D eigenvalue weighted by Crippen LogP contribution is -2.43. The Morgan fingerprint density at radius 1 is 1.29 bits per heavy atom. The molecular formula is C33H25ClF5N7O4S. The summed E-state index contributed by atoms with van der Waals surface area (Å²) in [6.45, 7) is -0.476. The number of halogens is 6. The van der Waals surface area contributed by atoms with Gasteiger partial charge in [-0.15, -0.1) is 11.3 Å². The van der Waals surface area contributed by atoms with Crippen molar-refractivity contribution in [2.75, 3.05) is 43.1 Å². The molecule has 2 aromatic heterocycles. The lowest BCUT2D eigenvalue weighted by molar-refractivity contribution is 0.107. The summed E-state index contributed by atoms with van der Waals surface area (Å²) < 4.78 is 87.0. The molecule has 0 radical (unpaired) electrons. The van der Waals surface area contributed by atoms with Crippen LogP contribution in [0.4, 0.5) is 37.6 Å². The Morgan fingerprint density at radius 2 is 2.10 bits per heavy atom. The molecule has 2 fully saturated rings. The number of benzene rings is 2. The molecule has 2 N–H and O–H groups in total. The van der Waals surface area contributed by atoms with Gasteiger partial charge in [0.05, 0.1) is 44.9 Å². The minimum Gasteiger partial charge on any atom is -0.489 e. The lowest BCUT2D eigenvalue weighted by Gasteiger charge is -2.31. The van der Waals surface area contributed by atoms with Gasteiger partial charge in [-0.05, 0) is 37.1 Å². The molecule has 0 saturated carbocycles. The predicted molar refractivity (Wildman–Crippen MR) is 178 cm³/mol. The van der Waals surface area contributed by atoms with Crippen LogP contribution in [0.25, 0.3) is 32.1 Å². The highest BCUT2D eigenvalue weighted by molar-refractivity contribution is 7.23.